The molecule has 4 rings (SSSR count). The van der Waals surface area contributed by atoms with Crippen LogP contribution in [0.1, 0.15) is 81.3 Å². The molecule has 188 valence electrons. The van der Waals surface area contributed by atoms with Gasteiger partial charge in [-0.3, -0.25) is 0 Å². The lowest BCUT2D eigenvalue weighted by atomic mass is 9.98. The molecule has 0 unspecified atom stereocenters. The van der Waals surface area contributed by atoms with Gasteiger partial charge in [-0.05, 0) is 85.1 Å². The second-order valence-corrected chi connectivity index (χ2v) is 11.4. The van der Waals surface area contributed by atoms with Crippen LogP contribution in [0.15, 0.2) is 78.9 Å². The maximum atomic E-state index is 2.38. The van der Waals surface area contributed by atoms with Gasteiger partial charge in [0, 0.05) is 0 Å². The molecule has 0 bridgehead atoms. The number of rotatable bonds is 6. The van der Waals surface area contributed by atoms with Crippen LogP contribution in [0.4, 0.5) is 0 Å². The lowest BCUT2D eigenvalue weighted by molar-refractivity contribution is 0.647. The van der Waals surface area contributed by atoms with E-state index in [0.29, 0.717) is 0 Å². The third-order valence-electron chi connectivity index (χ3n) is 6.09. The minimum absolute atomic E-state index is 0.761. The second-order valence-electron chi connectivity index (χ2n) is 11.4. The Bertz CT molecular complexity index is 963. The molecular weight excluding hydrogens is 420 g/mol. The molecule has 3 aromatic carbocycles. The van der Waals surface area contributed by atoms with E-state index in [2.05, 4.69) is 134 Å². The maximum Gasteiger partial charge on any atom is -0.00854 e. The molecule has 0 saturated heterocycles. The smallest absolute Gasteiger partial charge is 0.00854 e. The summed E-state index contributed by atoms with van der Waals surface area (Å²) in [5, 5.41) is 0. The molecular formula is C35H48. The summed E-state index contributed by atoms with van der Waals surface area (Å²) in [6.45, 7) is 17.8. The SMILES string of the molecule is CC(C)CC1=CCc2ccccc21.Cc1ccc(CC(C)C)cc1.Cc1ccc(CC(C)C)cc1. The van der Waals surface area contributed by atoms with Gasteiger partial charge < -0.3 is 0 Å². The van der Waals surface area contributed by atoms with Crippen molar-refractivity contribution in [3.63, 3.8) is 0 Å². The second kappa shape index (κ2) is 14.7. The first kappa shape index (κ1) is 28.6. The molecule has 0 spiro atoms. The van der Waals surface area contributed by atoms with Crippen molar-refractivity contribution >= 4 is 5.57 Å². The Balaban J connectivity index is 0.000000186. The first-order chi connectivity index (χ1) is 16.6. The van der Waals surface area contributed by atoms with Crippen LogP contribution in [0.5, 0.6) is 0 Å². The fourth-order valence-corrected chi connectivity index (χ4v) is 4.38. The third kappa shape index (κ3) is 11.1. The Morgan fingerprint density at radius 3 is 1.40 bits per heavy atom. The van der Waals surface area contributed by atoms with E-state index >= 15 is 0 Å². The van der Waals surface area contributed by atoms with Crippen molar-refractivity contribution in [1.29, 1.82) is 0 Å². The van der Waals surface area contributed by atoms with Gasteiger partial charge in [0.2, 0.25) is 0 Å². The van der Waals surface area contributed by atoms with Crippen molar-refractivity contribution in [2.24, 2.45) is 17.8 Å². The molecule has 1 aliphatic carbocycles. The van der Waals surface area contributed by atoms with Gasteiger partial charge >= 0.3 is 0 Å². The van der Waals surface area contributed by atoms with Gasteiger partial charge in [-0.2, -0.15) is 0 Å². The van der Waals surface area contributed by atoms with E-state index in [1.165, 1.54) is 52.6 Å². The number of aryl methyl sites for hydroxylation is 2. The minimum atomic E-state index is 0.761. The van der Waals surface area contributed by atoms with E-state index in [1.807, 2.05) is 0 Å². The van der Waals surface area contributed by atoms with Crippen LogP contribution in [0.25, 0.3) is 5.57 Å². The van der Waals surface area contributed by atoms with E-state index in [0.717, 1.165) is 24.2 Å². The summed E-state index contributed by atoms with van der Waals surface area (Å²) in [6, 6.07) is 26.3. The van der Waals surface area contributed by atoms with Crippen LogP contribution in [0, 0.1) is 31.6 Å². The van der Waals surface area contributed by atoms with E-state index < -0.39 is 0 Å². The van der Waals surface area contributed by atoms with E-state index in [4.69, 9.17) is 0 Å². The Morgan fingerprint density at radius 1 is 0.543 bits per heavy atom. The van der Waals surface area contributed by atoms with Gasteiger partial charge in [-0.1, -0.05) is 132 Å². The number of fused-ring (bicyclic) bond motifs is 1. The number of hydrogen-bond donors (Lipinski definition) is 0. The lowest BCUT2D eigenvalue weighted by Gasteiger charge is -2.07. The normalized spacial score (nSPS) is 12.0. The highest BCUT2D eigenvalue weighted by Crippen LogP contribution is 2.31. The van der Waals surface area contributed by atoms with Crippen LogP contribution >= 0.6 is 0 Å². The first-order valence-corrected chi connectivity index (χ1v) is 13.5. The van der Waals surface area contributed by atoms with Gasteiger partial charge in [-0.15, -0.1) is 0 Å². The Kier molecular flexibility index (Phi) is 12.0. The van der Waals surface area contributed by atoms with Gasteiger partial charge in [0.05, 0.1) is 0 Å². The highest BCUT2D eigenvalue weighted by molar-refractivity contribution is 5.72. The van der Waals surface area contributed by atoms with Crippen LogP contribution in [0.3, 0.4) is 0 Å². The largest absolute Gasteiger partial charge is 0.0763 e. The predicted molar refractivity (Wildman–Crippen MR) is 157 cm³/mol. The number of hydrogen-bond acceptors (Lipinski definition) is 0. The molecule has 0 radical (unpaired) electrons. The quantitative estimate of drug-likeness (QED) is 0.337. The molecule has 0 saturated carbocycles. The fourth-order valence-electron chi connectivity index (χ4n) is 4.38. The van der Waals surface area contributed by atoms with Crippen LogP contribution in [-0.4, -0.2) is 0 Å². The molecule has 0 amide bonds. The average molecular weight is 469 g/mol. The van der Waals surface area contributed by atoms with E-state index in [1.54, 1.807) is 5.57 Å². The van der Waals surface area contributed by atoms with E-state index in [-0.39, 0.29) is 0 Å². The van der Waals surface area contributed by atoms with Crippen molar-refractivity contribution in [3.8, 4) is 0 Å². The summed E-state index contributed by atoms with van der Waals surface area (Å²) in [6.07, 6.45) is 7.13. The van der Waals surface area contributed by atoms with E-state index in [9.17, 15) is 0 Å². The topological polar surface area (TPSA) is 0 Å². The Morgan fingerprint density at radius 2 is 0.971 bits per heavy atom. The number of benzene rings is 3. The average Bonchev–Trinajstić information content (AvgIpc) is 3.20. The first-order valence-electron chi connectivity index (χ1n) is 13.5. The molecule has 35 heavy (non-hydrogen) atoms. The van der Waals surface area contributed by atoms with Gasteiger partial charge in [-0.25, -0.2) is 0 Å². The summed E-state index contributed by atoms with van der Waals surface area (Å²) in [4.78, 5) is 0. The summed E-state index contributed by atoms with van der Waals surface area (Å²) in [5.41, 5.74) is 10.1. The van der Waals surface area contributed by atoms with Crippen molar-refractivity contribution in [2.75, 3.05) is 0 Å². The monoisotopic (exact) mass is 468 g/mol. The summed E-state index contributed by atoms with van der Waals surface area (Å²) in [5.74, 6) is 2.29. The zero-order valence-electron chi connectivity index (χ0n) is 23.6. The minimum Gasteiger partial charge on any atom is -0.0763 e. The lowest BCUT2D eigenvalue weighted by Crippen LogP contribution is -1.93. The highest BCUT2D eigenvalue weighted by atomic mass is 14.2. The van der Waals surface area contributed by atoms with Crippen molar-refractivity contribution in [3.05, 3.63) is 112 Å². The molecule has 0 aliphatic heterocycles. The zero-order chi connectivity index (χ0) is 25.8. The van der Waals surface area contributed by atoms with Crippen LogP contribution < -0.4 is 0 Å². The summed E-state index contributed by atoms with van der Waals surface area (Å²) in [7, 11) is 0. The zero-order valence-corrected chi connectivity index (χ0v) is 23.6. The molecule has 0 N–H and O–H groups in total. The highest BCUT2D eigenvalue weighted by Gasteiger charge is 2.13. The molecule has 0 nitrogen and oxygen atoms in total. The molecule has 3 aromatic rings. The third-order valence-corrected chi connectivity index (χ3v) is 6.09. The van der Waals surface area contributed by atoms with Gasteiger partial charge in [0.25, 0.3) is 0 Å². The molecule has 1 aliphatic rings. The fraction of sp³-hybridized carbons (Fsp3) is 0.429. The van der Waals surface area contributed by atoms with Crippen LogP contribution in [0.2, 0.25) is 0 Å². The number of allylic oxidation sites excluding steroid dienone is 2. The summed E-state index contributed by atoms with van der Waals surface area (Å²) >= 11 is 0. The molecule has 0 heterocycles. The maximum absolute atomic E-state index is 2.38. The van der Waals surface area contributed by atoms with Crippen molar-refractivity contribution in [2.45, 2.75) is 81.1 Å². The van der Waals surface area contributed by atoms with Gasteiger partial charge in [0.1, 0.15) is 0 Å². The van der Waals surface area contributed by atoms with Crippen molar-refractivity contribution < 1.29 is 0 Å². The Labute approximate surface area is 216 Å². The molecule has 0 fully saturated rings. The Hall–Kier alpha value is -2.60. The predicted octanol–water partition coefficient (Wildman–Crippen LogP) is 10.1. The molecule has 0 heteroatoms. The van der Waals surface area contributed by atoms with Gasteiger partial charge in [0.15, 0.2) is 0 Å². The van der Waals surface area contributed by atoms with Crippen LogP contribution in [-0.2, 0) is 19.3 Å². The molecule has 0 aromatic heterocycles. The molecule has 0 atom stereocenters. The summed E-state index contributed by atoms with van der Waals surface area (Å²) < 4.78 is 0. The standard InChI is InChI=1S/C13H16.2C11H16/c1-10(2)9-12-8-7-11-5-3-4-6-13(11)12;2*1-9(2)8-11-6-4-10(3)5-7-11/h3-6,8,10H,7,9H2,1-2H3;2*4-7,9H,8H2,1-3H3. The van der Waals surface area contributed by atoms with Crippen molar-refractivity contribution in [1.82, 2.24) is 0 Å².